The maximum atomic E-state index is 11.5. The lowest BCUT2D eigenvalue weighted by molar-refractivity contribution is -0.326. The van der Waals surface area contributed by atoms with Crippen molar-refractivity contribution in [1.82, 2.24) is 0 Å². The molecule has 14 heteroatoms. The van der Waals surface area contributed by atoms with Crippen molar-refractivity contribution in [2.45, 2.75) is 37.0 Å². The van der Waals surface area contributed by atoms with Crippen LogP contribution in [0, 0.1) is 0 Å². The molecule has 6 atom stereocenters. The van der Waals surface area contributed by atoms with Crippen molar-refractivity contribution < 1.29 is 53.3 Å². The molecule has 2 aromatic carbocycles. The summed E-state index contributed by atoms with van der Waals surface area (Å²) in [4.78, 5) is 0. The highest BCUT2D eigenvalue weighted by atomic mass is 32.3. The summed E-state index contributed by atoms with van der Waals surface area (Å²) in [6.45, 7) is -0.724. The van der Waals surface area contributed by atoms with E-state index in [1.54, 1.807) is 60.7 Å². The highest BCUT2D eigenvalue weighted by Gasteiger charge is 2.49. The van der Waals surface area contributed by atoms with Gasteiger partial charge in [0.2, 0.25) is 0 Å². The maximum Gasteiger partial charge on any atom is 0.397 e. The van der Waals surface area contributed by atoms with Gasteiger partial charge in [0.25, 0.3) is 0 Å². The number of ether oxygens (including phenoxy) is 4. The molecule has 186 valence electrons. The minimum atomic E-state index is -4.95. The lowest BCUT2D eigenvalue weighted by Gasteiger charge is -2.44. The Hall–Kier alpha value is -1.98. The van der Waals surface area contributed by atoms with Gasteiger partial charge < -0.3 is 18.9 Å². The molecule has 2 aromatic rings. The van der Waals surface area contributed by atoms with Crippen LogP contribution in [-0.2, 0) is 48.1 Å². The van der Waals surface area contributed by atoms with E-state index in [-0.39, 0.29) is 13.2 Å². The van der Waals surface area contributed by atoms with Crippen molar-refractivity contribution in [2.24, 2.45) is 0 Å². The lowest BCUT2D eigenvalue weighted by atomic mass is 10.0. The molecule has 2 aliphatic rings. The number of hydrogen-bond donors (Lipinski definition) is 2. The second-order valence-corrected chi connectivity index (χ2v) is 9.57. The van der Waals surface area contributed by atoms with Gasteiger partial charge in [-0.1, -0.05) is 60.7 Å². The molecule has 34 heavy (non-hydrogen) atoms. The van der Waals surface area contributed by atoms with Gasteiger partial charge in [0, 0.05) is 11.1 Å². The van der Waals surface area contributed by atoms with Gasteiger partial charge in [-0.25, -0.2) is 8.37 Å². The average molecular weight is 519 g/mol. The molecule has 12 nitrogen and oxygen atoms in total. The van der Waals surface area contributed by atoms with Crippen LogP contribution in [0.4, 0.5) is 0 Å². The molecule has 4 rings (SSSR count). The molecule has 0 saturated carbocycles. The van der Waals surface area contributed by atoms with Crippen molar-refractivity contribution in [3.05, 3.63) is 71.8 Å². The monoisotopic (exact) mass is 518 g/mol. The molecule has 0 bridgehead atoms. The van der Waals surface area contributed by atoms with Crippen LogP contribution >= 0.6 is 0 Å². The first kappa shape index (κ1) is 25.1. The molecular formula is C20H22O12S2. The third kappa shape index (κ3) is 6.57. The molecule has 2 unspecified atom stereocenters. The average Bonchev–Trinajstić information content (AvgIpc) is 2.79. The molecule has 2 saturated heterocycles. The lowest BCUT2D eigenvalue weighted by Crippen LogP contribution is -2.57. The molecule has 0 amide bonds. The molecule has 2 heterocycles. The summed E-state index contributed by atoms with van der Waals surface area (Å²) in [5, 5.41) is 0. The predicted molar refractivity (Wildman–Crippen MR) is 113 cm³/mol. The van der Waals surface area contributed by atoms with Gasteiger partial charge in [0.05, 0.1) is 13.2 Å². The van der Waals surface area contributed by atoms with E-state index in [4.69, 9.17) is 27.3 Å². The Labute approximate surface area is 196 Å². The predicted octanol–water partition coefficient (Wildman–Crippen LogP) is 1.59. The van der Waals surface area contributed by atoms with Crippen molar-refractivity contribution in [1.29, 1.82) is 0 Å². The summed E-state index contributed by atoms with van der Waals surface area (Å²) >= 11 is 0. The van der Waals surface area contributed by atoms with Crippen LogP contribution in [-0.4, -0.2) is 63.6 Å². The van der Waals surface area contributed by atoms with Gasteiger partial charge in [-0.3, -0.25) is 9.11 Å². The smallest absolute Gasteiger partial charge is 0.346 e. The zero-order valence-electron chi connectivity index (χ0n) is 17.4. The minimum absolute atomic E-state index is 0.362. The fourth-order valence-corrected chi connectivity index (χ4v) is 4.67. The van der Waals surface area contributed by atoms with Crippen LogP contribution in [0.25, 0.3) is 0 Å². The minimum Gasteiger partial charge on any atom is -0.346 e. The quantitative estimate of drug-likeness (QED) is 0.509. The van der Waals surface area contributed by atoms with E-state index in [1.807, 2.05) is 0 Å². The van der Waals surface area contributed by atoms with Crippen LogP contribution in [0.5, 0.6) is 0 Å². The number of rotatable bonds is 7. The van der Waals surface area contributed by atoms with E-state index in [9.17, 15) is 25.9 Å². The largest absolute Gasteiger partial charge is 0.397 e. The van der Waals surface area contributed by atoms with E-state index in [0.29, 0.717) is 11.1 Å². The Morgan fingerprint density at radius 3 is 1.32 bits per heavy atom. The van der Waals surface area contributed by atoms with Crippen molar-refractivity contribution in [3.8, 4) is 0 Å². The zero-order chi connectivity index (χ0) is 24.3. The van der Waals surface area contributed by atoms with Crippen molar-refractivity contribution in [3.63, 3.8) is 0 Å². The van der Waals surface area contributed by atoms with Gasteiger partial charge in [0.15, 0.2) is 12.6 Å². The van der Waals surface area contributed by atoms with E-state index < -0.39 is 57.8 Å². The van der Waals surface area contributed by atoms with Crippen LogP contribution in [0.2, 0.25) is 0 Å². The van der Waals surface area contributed by atoms with Gasteiger partial charge in [-0.15, -0.1) is 0 Å². The Kier molecular flexibility index (Phi) is 7.63. The summed E-state index contributed by atoms with van der Waals surface area (Å²) in [7, 11) is -9.90. The molecule has 2 aliphatic heterocycles. The number of hydrogen-bond acceptors (Lipinski definition) is 10. The first-order valence-corrected chi connectivity index (χ1v) is 12.8. The van der Waals surface area contributed by atoms with E-state index >= 15 is 0 Å². The van der Waals surface area contributed by atoms with Crippen LogP contribution in [0.1, 0.15) is 23.7 Å². The second-order valence-electron chi connectivity index (χ2n) is 7.48. The molecule has 0 aliphatic carbocycles. The standard InChI is InChI=1S/C20H22O12S2/c21-33(22,23)31-15-11-27-19(13-7-3-1-4-8-13)29-17(15)18-16(32-34(24,25)26)12-28-20(30-18)14-9-5-2-6-10-14/h1-10,15-20H,11-12H2,(H,21,22,23)(H,24,25,26)/t15-,16-,17-,18-,19?,20?/m1/s1. The van der Waals surface area contributed by atoms with Crippen LogP contribution in [0.3, 0.4) is 0 Å². The SMILES string of the molecule is O=S(=O)(O)O[C@@H]1COC(c2ccccc2)O[C@H]1[C@@H]1OC(c2ccccc2)OC[C@H]1OS(=O)(=O)O. The summed E-state index contributed by atoms with van der Waals surface area (Å²) in [5.41, 5.74) is 1.16. The molecule has 0 radical (unpaired) electrons. The van der Waals surface area contributed by atoms with Gasteiger partial charge >= 0.3 is 20.8 Å². The summed E-state index contributed by atoms with van der Waals surface area (Å²) < 4.78 is 96.9. The Morgan fingerprint density at radius 1 is 0.647 bits per heavy atom. The zero-order valence-corrected chi connectivity index (χ0v) is 19.1. The van der Waals surface area contributed by atoms with E-state index in [2.05, 4.69) is 0 Å². The second kappa shape index (κ2) is 10.3. The molecule has 2 fully saturated rings. The van der Waals surface area contributed by atoms with Crippen molar-refractivity contribution >= 4 is 20.8 Å². The first-order chi connectivity index (χ1) is 16.1. The summed E-state index contributed by atoms with van der Waals surface area (Å²) in [6.07, 6.45) is -7.55. The summed E-state index contributed by atoms with van der Waals surface area (Å²) in [6, 6.07) is 17.3. The molecular weight excluding hydrogens is 496 g/mol. The van der Waals surface area contributed by atoms with Gasteiger partial charge in [-0.2, -0.15) is 16.8 Å². The fraction of sp³-hybridized carbons (Fsp3) is 0.400. The maximum absolute atomic E-state index is 11.5. The third-order valence-electron chi connectivity index (χ3n) is 5.08. The van der Waals surface area contributed by atoms with Gasteiger partial charge in [-0.05, 0) is 0 Å². The third-order valence-corrected chi connectivity index (χ3v) is 6.06. The van der Waals surface area contributed by atoms with E-state index in [1.165, 1.54) is 0 Å². The summed E-state index contributed by atoms with van der Waals surface area (Å²) in [5.74, 6) is 0. The van der Waals surface area contributed by atoms with Crippen LogP contribution in [0.15, 0.2) is 60.7 Å². The normalized spacial score (nSPS) is 30.6. The molecule has 2 N–H and O–H groups in total. The Morgan fingerprint density at radius 2 is 1.00 bits per heavy atom. The molecule has 0 spiro atoms. The topological polar surface area (TPSA) is 164 Å². The van der Waals surface area contributed by atoms with E-state index in [0.717, 1.165) is 0 Å². The first-order valence-electron chi connectivity index (χ1n) is 10.0. The fourth-order valence-electron chi connectivity index (χ4n) is 3.72. The number of benzene rings is 2. The van der Waals surface area contributed by atoms with Crippen LogP contribution < -0.4 is 0 Å². The Bertz CT molecular complexity index is 1060. The van der Waals surface area contributed by atoms with Gasteiger partial charge in [0.1, 0.15) is 24.4 Å². The highest BCUT2D eigenvalue weighted by Crippen LogP contribution is 2.37. The molecule has 0 aromatic heterocycles. The Balaban J connectivity index is 1.67. The van der Waals surface area contributed by atoms with Crippen molar-refractivity contribution in [2.75, 3.05) is 13.2 Å². The highest BCUT2D eigenvalue weighted by molar-refractivity contribution is 7.81.